The van der Waals surface area contributed by atoms with E-state index in [1.807, 2.05) is 44.2 Å². The first-order valence-electron chi connectivity index (χ1n) is 9.36. The van der Waals surface area contributed by atoms with E-state index >= 15 is 0 Å². The molecule has 2 aromatic carbocycles. The summed E-state index contributed by atoms with van der Waals surface area (Å²) in [6, 6.07) is 13.1. The van der Waals surface area contributed by atoms with Crippen LogP contribution in [-0.2, 0) is 19.7 Å². The van der Waals surface area contributed by atoms with Gasteiger partial charge in [0.2, 0.25) is 0 Å². The zero-order chi connectivity index (χ0) is 21.6. The van der Waals surface area contributed by atoms with Crippen LogP contribution < -0.4 is 5.32 Å². The molecule has 2 rings (SSSR count). The van der Waals surface area contributed by atoms with Gasteiger partial charge in [-0.1, -0.05) is 50.6 Å². The van der Waals surface area contributed by atoms with Gasteiger partial charge in [0.1, 0.15) is 0 Å². The number of benzene rings is 2. The lowest BCUT2D eigenvalue weighted by atomic mass is 9.87. The van der Waals surface area contributed by atoms with E-state index in [-0.39, 0.29) is 11.2 Å². The van der Waals surface area contributed by atoms with E-state index in [0.29, 0.717) is 5.56 Å². The first-order chi connectivity index (χ1) is 13.6. The Morgan fingerprint density at radius 2 is 1.66 bits per heavy atom. The Hall–Kier alpha value is -2.60. The highest BCUT2D eigenvalue weighted by atomic mass is 32.2. The van der Waals surface area contributed by atoms with Gasteiger partial charge in [-0.05, 0) is 48.6 Å². The topological polar surface area (TPSA) is 72.5 Å². The van der Waals surface area contributed by atoms with Gasteiger partial charge < -0.3 is 4.74 Å². The Labute approximate surface area is 176 Å². The Morgan fingerprint density at radius 1 is 1.00 bits per heavy atom. The Morgan fingerprint density at radius 3 is 2.24 bits per heavy atom. The molecule has 0 radical (unpaired) electrons. The smallest absolute Gasteiger partial charge is 0.316 e. The average molecular weight is 414 g/mol. The molecule has 0 aromatic heterocycles. The van der Waals surface area contributed by atoms with Crippen LogP contribution in [0.1, 0.15) is 47.8 Å². The number of hydrogen-bond donors (Lipinski definition) is 1. The fourth-order valence-corrected chi connectivity index (χ4v) is 3.45. The summed E-state index contributed by atoms with van der Waals surface area (Å²) in [5.41, 5.74) is 3.69. The summed E-state index contributed by atoms with van der Waals surface area (Å²) >= 11 is 1.36. The van der Waals surface area contributed by atoms with Crippen molar-refractivity contribution in [1.82, 2.24) is 5.32 Å². The fourth-order valence-electron chi connectivity index (χ4n) is 2.64. The Bertz CT molecular complexity index is 898. The van der Waals surface area contributed by atoms with Crippen molar-refractivity contribution in [3.8, 4) is 0 Å². The lowest BCUT2D eigenvalue weighted by Crippen LogP contribution is -2.34. The summed E-state index contributed by atoms with van der Waals surface area (Å²) in [6.45, 7) is 9.75. The average Bonchev–Trinajstić information content (AvgIpc) is 2.65. The highest BCUT2D eigenvalue weighted by Crippen LogP contribution is 2.23. The molecular weight excluding hydrogens is 386 g/mol. The first kappa shape index (κ1) is 22.7. The molecule has 29 heavy (non-hydrogen) atoms. The lowest BCUT2D eigenvalue weighted by molar-refractivity contribution is -0.145. The summed E-state index contributed by atoms with van der Waals surface area (Å²) in [4.78, 5) is 36.9. The number of esters is 1. The number of thioether (sulfide) groups is 1. The van der Waals surface area contributed by atoms with Gasteiger partial charge in [0, 0.05) is 10.5 Å². The van der Waals surface area contributed by atoms with Gasteiger partial charge >= 0.3 is 5.97 Å². The third-order valence-corrected chi connectivity index (χ3v) is 5.46. The first-order valence-corrected chi connectivity index (χ1v) is 10.4. The molecule has 154 valence electrons. The number of amides is 2. The minimum Gasteiger partial charge on any atom is -0.455 e. The molecule has 5 nitrogen and oxygen atoms in total. The molecule has 2 aromatic rings. The number of carbonyl (C=O) groups is 3. The maximum absolute atomic E-state index is 12.2. The van der Waals surface area contributed by atoms with E-state index in [1.165, 1.54) is 11.8 Å². The monoisotopic (exact) mass is 413 g/mol. The quantitative estimate of drug-likeness (QED) is 0.568. The number of imide groups is 1. The third kappa shape index (κ3) is 7.06. The molecular formula is C23H27NO4S. The SMILES string of the molecule is Cc1ccc(SCC(=O)OCC(=O)NC(=O)c2ccc(C(C)(C)C)cc2)c(C)c1. The standard InChI is InChI=1S/C23H27NO4S/c1-15-6-11-19(16(2)12-15)29-14-21(26)28-13-20(25)24-22(27)17-7-9-18(10-8-17)23(3,4)5/h6-12H,13-14H2,1-5H3,(H,24,25,27). The van der Waals surface area contributed by atoms with E-state index in [9.17, 15) is 14.4 Å². The normalized spacial score (nSPS) is 11.1. The zero-order valence-corrected chi connectivity index (χ0v) is 18.3. The van der Waals surface area contributed by atoms with Crippen LogP contribution >= 0.6 is 11.8 Å². The number of carbonyl (C=O) groups excluding carboxylic acids is 3. The molecule has 0 spiro atoms. The van der Waals surface area contributed by atoms with Gasteiger partial charge in [0.15, 0.2) is 6.61 Å². The van der Waals surface area contributed by atoms with E-state index < -0.39 is 24.4 Å². The number of rotatable bonds is 6. The minimum atomic E-state index is -0.653. The number of nitrogens with one attached hydrogen (secondary N) is 1. The molecule has 0 heterocycles. The van der Waals surface area contributed by atoms with Crippen LogP contribution in [0, 0.1) is 13.8 Å². The molecule has 0 bridgehead atoms. The zero-order valence-electron chi connectivity index (χ0n) is 17.5. The van der Waals surface area contributed by atoms with Crippen LogP contribution in [0.3, 0.4) is 0 Å². The van der Waals surface area contributed by atoms with Gasteiger partial charge in [0.25, 0.3) is 11.8 Å². The summed E-state index contributed by atoms with van der Waals surface area (Å²) in [7, 11) is 0. The van der Waals surface area contributed by atoms with Crippen molar-refractivity contribution in [3.05, 3.63) is 64.7 Å². The second kappa shape index (κ2) is 9.74. The van der Waals surface area contributed by atoms with Crippen LogP contribution in [0.5, 0.6) is 0 Å². The van der Waals surface area contributed by atoms with Crippen molar-refractivity contribution in [2.24, 2.45) is 0 Å². The van der Waals surface area contributed by atoms with Crippen molar-refractivity contribution >= 4 is 29.5 Å². The summed E-state index contributed by atoms with van der Waals surface area (Å²) in [5.74, 6) is -1.58. The number of aryl methyl sites for hydroxylation is 2. The predicted octanol–water partition coefficient (Wildman–Crippen LogP) is 4.19. The van der Waals surface area contributed by atoms with Crippen molar-refractivity contribution in [2.75, 3.05) is 12.4 Å². The van der Waals surface area contributed by atoms with Gasteiger partial charge in [-0.3, -0.25) is 19.7 Å². The maximum Gasteiger partial charge on any atom is 0.316 e. The Kier molecular flexibility index (Phi) is 7.62. The summed E-state index contributed by atoms with van der Waals surface area (Å²) in [6.07, 6.45) is 0. The number of hydrogen-bond acceptors (Lipinski definition) is 5. The molecule has 0 saturated carbocycles. The van der Waals surface area contributed by atoms with Crippen LogP contribution in [0.4, 0.5) is 0 Å². The van der Waals surface area contributed by atoms with E-state index in [1.54, 1.807) is 12.1 Å². The molecule has 0 fully saturated rings. The van der Waals surface area contributed by atoms with Crippen molar-refractivity contribution in [3.63, 3.8) is 0 Å². The highest BCUT2D eigenvalue weighted by molar-refractivity contribution is 8.00. The molecule has 0 atom stereocenters. The van der Waals surface area contributed by atoms with Crippen molar-refractivity contribution < 1.29 is 19.1 Å². The molecule has 2 amide bonds. The summed E-state index contributed by atoms with van der Waals surface area (Å²) < 4.78 is 4.97. The lowest BCUT2D eigenvalue weighted by Gasteiger charge is -2.18. The second-order valence-electron chi connectivity index (χ2n) is 7.92. The molecule has 6 heteroatoms. The van der Waals surface area contributed by atoms with Crippen molar-refractivity contribution in [2.45, 2.75) is 44.9 Å². The van der Waals surface area contributed by atoms with Crippen molar-refractivity contribution in [1.29, 1.82) is 0 Å². The van der Waals surface area contributed by atoms with E-state index in [2.05, 4.69) is 26.1 Å². The van der Waals surface area contributed by atoms with Gasteiger partial charge in [-0.2, -0.15) is 0 Å². The maximum atomic E-state index is 12.2. The van der Waals surface area contributed by atoms with Crippen LogP contribution in [0.2, 0.25) is 0 Å². The highest BCUT2D eigenvalue weighted by Gasteiger charge is 2.16. The van der Waals surface area contributed by atoms with E-state index in [4.69, 9.17) is 4.74 Å². The van der Waals surface area contributed by atoms with Gasteiger partial charge in [-0.25, -0.2) is 0 Å². The molecule has 0 unspecified atom stereocenters. The van der Waals surface area contributed by atoms with Crippen LogP contribution in [0.25, 0.3) is 0 Å². The second-order valence-corrected chi connectivity index (χ2v) is 8.94. The molecule has 0 saturated heterocycles. The van der Waals surface area contributed by atoms with Crippen LogP contribution in [-0.4, -0.2) is 30.1 Å². The van der Waals surface area contributed by atoms with Crippen LogP contribution in [0.15, 0.2) is 47.4 Å². The molecule has 0 aliphatic carbocycles. The minimum absolute atomic E-state index is 0.0197. The fraction of sp³-hybridized carbons (Fsp3) is 0.348. The Balaban J connectivity index is 1.78. The largest absolute Gasteiger partial charge is 0.455 e. The van der Waals surface area contributed by atoms with Gasteiger partial charge in [-0.15, -0.1) is 11.8 Å². The van der Waals surface area contributed by atoms with E-state index in [0.717, 1.165) is 21.6 Å². The van der Waals surface area contributed by atoms with Gasteiger partial charge in [0.05, 0.1) is 5.75 Å². The number of ether oxygens (including phenoxy) is 1. The molecule has 0 aliphatic heterocycles. The predicted molar refractivity (Wildman–Crippen MR) is 115 cm³/mol. The molecule has 1 N–H and O–H groups in total. The molecule has 0 aliphatic rings. The third-order valence-electron chi connectivity index (χ3n) is 4.31. The summed E-state index contributed by atoms with van der Waals surface area (Å²) in [5, 5.41) is 2.24.